The van der Waals surface area contributed by atoms with E-state index in [1.807, 2.05) is 4.95 Å². The van der Waals surface area contributed by atoms with Gasteiger partial charge in [0.15, 0.2) is 0 Å². The summed E-state index contributed by atoms with van der Waals surface area (Å²) in [4.78, 5) is 30.3. The van der Waals surface area contributed by atoms with Crippen molar-refractivity contribution in [3.63, 3.8) is 0 Å². The second-order valence-electron chi connectivity index (χ2n) is 2.20. The van der Waals surface area contributed by atoms with E-state index in [-0.39, 0.29) is 6.42 Å². The van der Waals surface area contributed by atoms with Gasteiger partial charge in [-0.1, -0.05) is 0 Å². The van der Waals surface area contributed by atoms with Gasteiger partial charge in [0.1, 0.15) is 6.04 Å². The van der Waals surface area contributed by atoms with Crippen LogP contribution in [0, 0.1) is 4.91 Å². The monoisotopic (exact) mass is 196 g/mol. The van der Waals surface area contributed by atoms with Crippen LogP contribution in [0.4, 0.5) is 0 Å². The summed E-state index contributed by atoms with van der Waals surface area (Å²) in [6, 6.07) is -1.23. The van der Waals surface area contributed by atoms with Crippen molar-refractivity contribution < 1.29 is 19.4 Å². The summed E-state index contributed by atoms with van der Waals surface area (Å²) in [7, 11) is -4.04. The van der Waals surface area contributed by atoms with Gasteiger partial charge in [-0.3, -0.25) is 9.36 Å². The van der Waals surface area contributed by atoms with E-state index in [4.69, 9.17) is 15.7 Å². The van der Waals surface area contributed by atoms with Crippen LogP contribution in [0.25, 0.3) is 0 Å². The molecular formula is C4H9N2O5P. The molecule has 0 aliphatic rings. The van der Waals surface area contributed by atoms with Crippen molar-refractivity contribution in [2.75, 3.05) is 6.16 Å². The summed E-state index contributed by atoms with van der Waals surface area (Å²) in [5, 5.41) is 8.25. The Morgan fingerprint density at radius 3 is 2.50 bits per heavy atom. The quantitative estimate of drug-likeness (QED) is 0.410. The number of nitrogens with zero attached hydrogens (tertiary/aromatic N) is 1. The number of carboxylic acid groups (broad SMARTS) is 1. The summed E-state index contributed by atoms with van der Waals surface area (Å²) >= 11 is 0. The Hall–Kier alpha value is -0.780. The van der Waals surface area contributed by atoms with E-state index in [1.54, 1.807) is 0 Å². The van der Waals surface area contributed by atoms with Gasteiger partial charge in [0.2, 0.25) is 0 Å². The number of nitrogens with two attached hydrogens (primary N) is 1. The third-order valence-electron chi connectivity index (χ3n) is 1.18. The van der Waals surface area contributed by atoms with Crippen molar-refractivity contribution in [3.8, 4) is 0 Å². The van der Waals surface area contributed by atoms with E-state index < -0.39 is 25.7 Å². The Balaban J connectivity index is 3.91. The third-order valence-corrected chi connectivity index (χ3v) is 2.27. The van der Waals surface area contributed by atoms with Crippen LogP contribution in [-0.4, -0.2) is 28.2 Å². The lowest BCUT2D eigenvalue weighted by Gasteiger charge is -2.05. The number of carbonyl (C=O) groups is 1. The van der Waals surface area contributed by atoms with Crippen molar-refractivity contribution in [2.45, 2.75) is 12.5 Å². The molecule has 0 heterocycles. The van der Waals surface area contributed by atoms with Gasteiger partial charge >= 0.3 is 13.5 Å². The summed E-state index contributed by atoms with van der Waals surface area (Å²) in [6.45, 7) is 0. The number of carboxylic acids is 1. The molecule has 70 valence electrons. The van der Waals surface area contributed by atoms with Crippen LogP contribution < -0.4 is 5.73 Å². The van der Waals surface area contributed by atoms with Crippen molar-refractivity contribution in [3.05, 3.63) is 4.91 Å². The van der Waals surface area contributed by atoms with Crippen molar-refractivity contribution in [2.24, 2.45) is 10.7 Å². The highest BCUT2D eigenvalue weighted by atomic mass is 31.2. The molecule has 0 fully saturated rings. The van der Waals surface area contributed by atoms with Gasteiger partial charge in [-0.05, 0) is 6.42 Å². The second-order valence-corrected chi connectivity index (χ2v) is 4.14. The smallest absolute Gasteiger partial charge is 0.350 e. The van der Waals surface area contributed by atoms with E-state index in [0.717, 1.165) is 0 Å². The molecule has 0 aliphatic heterocycles. The number of nitroso groups, excluding NO2 is 1. The fourth-order valence-corrected chi connectivity index (χ4v) is 1.17. The Bertz CT molecular complexity index is 229. The maximum Gasteiger partial charge on any atom is 0.350 e. The molecule has 8 heteroatoms. The number of hydrogen-bond donors (Lipinski definition) is 3. The van der Waals surface area contributed by atoms with Gasteiger partial charge in [0.05, 0.1) is 6.16 Å². The molecule has 7 nitrogen and oxygen atoms in total. The van der Waals surface area contributed by atoms with E-state index in [0.29, 0.717) is 0 Å². The van der Waals surface area contributed by atoms with Crippen LogP contribution in [0.1, 0.15) is 6.42 Å². The molecule has 4 N–H and O–H groups in total. The maximum atomic E-state index is 10.5. The SMILES string of the molecule is NC(CCP(=O)(O)N=O)C(=O)O. The molecule has 0 aliphatic carbocycles. The zero-order valence-electron chi connectivity index (χ0n) is 6.08. The second kappa shape index (κ2) is 4.30. The minimum absolute atomic E-state index is 0.241. The van der Waals surface area contributed by atoms with Crippen LogP contribution in [0.15, 0.2) is 4.95 Å². The fraction of sp³-hybridized carbons (Fsp3) is 0.750. The maximum absolute atomic E-state index is 10.5. The first-order valence-electron chi connectivity index (χ1n) is 3.04. The molecule has 0 saturated heterocycles. The van der Waals surface area contributed by atoms with Crippen molar-refractivity contribution >= 4 is 13.5 Å². The first-order valence-corrected chi connectivity index (χ1v) is 4.84. The highest BCUT2D eigenvalue weighted by molar-refractivity contribution is 7.56. The highest BCUT2D eigenvalue weighted by Crippen LogP contribution is 2.42. The first kappa shape index (κ1) is 11.2. The van der Waals surface area contributed by atoms with Crippen LogP contribution in [0.3, 0.4) is 0 Å². The average molecular weight is 196 g/mol. The molecule has 12 heavy (non-hydrogen) atoms. The fourth-order valence-electron chi connectivity index (χ4n) is 0.472. The Labute approximate surface area is 68.1 Å². The van der Waals surface area contributed by atoms with Crippen LogP contribution in [0.2, 0.25) is 0 Å². The van der Waals surface area contributed by atoms with Crippen LogP contribution in [-0.2, 0) is 9.36 Å². The molecule has 0 bridgehead atoms. The summed E-state index contributed by atoms with van der Waals surface area (Å²) < 4.78 is 10.5. The number of aliphatic carboxylic acids is 1. The largest absolute Gasteiger partial charge is 0.480 e. The average Bonchev–Trinajstić information content (AvgIpc) is 2.00. The normalized spacial score (nSPS) is 17.8. The standard InChI is InChI=1S/C4H9N2O5P/c5-3(4(7)8)1-2-12(10,11)6-9/h3H,1-2,5H2,(H,7,8)(H,10,11). The Kier molecular flexibility index (Phi) is 4.02. The molecule has 0 aromatic rings. The van der Waals surface area contributed by atoms with Gasteiger partial charge in [0.25, 0.3) is 0 Å². The Morgan fingerprint density at radius 2 is 2.17 bits per heavy atom. The zero-order chi connectivity index (χ0) is 9.78. The molecule has 0 rings (SSSR count). The van der Waals surface area contributed by atoms with Crippen molar-refractivity contribution in [1.82, 2.24) is 0 Å². The highest BCUT2D eigenvalue weighted by Gasteiger charge is 2.22. The van der Waals surface area contributed by atoms with E-state index in [2.05, 4.69) is 0 Å². The van der Waals surface area contributed by atoms with E-state index in [9.17, 15) is 14.3 Å². The molecule has 0 aromatic heterocycles. The molecule has 2 atom stereocenters. The summed E-state index contributed by atoms with van der Waals surface area (Å²) in [5.41, 5.74) is 5.00. The van der Waals surface area contributed by atoms with Crippen LogP contribution in [0.5, 0.6) is 0 Å². The topological polar surface area (TPSA) is 130 Å². The van der Waals surface area contributed by atoms with E-state index >= 15 is 0 Å². The van der Waals surface area contributed by atoms with Crippen molar-refractivity contribution in [1.29, 1.82) is 0 Å². The predicted octanol–water partition coefficient (Wildman–Crippen LogP) is -0.260. The third kappa shape index (κ3) is 4.17. The minimum Gasteiger partial charge on any atom is -0.480 e. The van der Waals surface area contributed by atoms with Gasteiger partial charge < -0.3 is 15.7 Å². The first-order chi connectivity index (χ1) is 5.39. The van der Waals surface area contributed by atoms with Crippen LogP contribution >= 0.6 is 7.52 Å². The number of rotatable bonds is 5. The molecule has 2 unspecified atom stereocenters. The predicted molar refractivity (Wildman–Crippen MR) is 40.7 cm³/mol. The molecule has 0 aromatic carbocycles. The van der Waals surface area contributed by atoms with E-state index in [1.165, 1.54) is 0 Å². The van der Waals surface area contributed by atoms with Gasteiger partial charge in [-0.25, -0.2) is 0 Å². The lowest BCUT2D eigenvalue weighted by Crippen LogP contribution is -2.30. The Morgan fingerprint density at radius 1 is 1.67 bits per heavy atom. The van der Waals surface area contributed by atoms with Gasteiger partial charge in [0, 0.05) is 4.95 Å². The van der Waals surface area contributed by atoms with Gasteiger partial charge in [-0.2, -0.15) is 0 Å². The lowest BCUT2D eigenvalue weighted by atomic mass is 10.2. The van der Waals surface area contributed by atoms with Gasteiger partial charge in [-0.15, -0.1) is 4.91 Å². The zero-order valence-corrected chi connectivity index (χ0v) is 6.98. The summed E-state index contributed by atoms with van der Waals surface area (Å²) in [5.74, 6) is -1.28. The minimum atomic E-state index is -4.04. The summed E-state index contributed by atoms with van der Waals surface area (Å²) in [6.07, 6.45) is -0.737. The molecular weight excluding hydrogens is 187 g/mol. The molecule has 0 saturated carbocycles. The molecule has 0 radical (unpaired) electrons. The lowest BCUT2D eigenvalue weighted by molar-refractivity contribution is -0.138. The molecule has 0 spiro atoms. The number of hydrogen-bond acceptors (Lipinski definition) is 4. The molecule has 0 amide bonds.